The molecule has 1 atom stereocenters. The summed E-state index contributed by atoms with van der Waals surface area (Å²) in [6, 6.07) is 0.0489. The molecule has 0 aromatic heterocycles. The smallest absolute Gasteiger partial charge is 0.385 e. The zero-order valence-electron chi connectivity index (χ0n) is 10.4. The standard InChI is InChI=1S/C11H23F3N2O/c1-17-8-4-5-10(15)9-16-7-3-2-6-11(12,13)14/h10,16H,2-9,15H2,1H3. The Kier molecular flexibility index (Phi) is 9.49. The van der Waals surface area contributed by atoms with Crippen LogP contribution in [0, 0.1) is 0 Å². The van der Waals surface area contributed by atoms with Gasteiger partial charge in [-0.2, -0.15) is 13.2 Å². The van der Waals surface area contributed by atoms with E-state index in [2.05, 4.69) is 5.32 Å². The van der Waals surface area contributed by atoms with Gasteiger partial charge in [-0.05, 0) is 32.2 Å². The van der Waals surface area contributed by atoms with E-state index in [1.807, 2.05) is 0 Å². The van der Waals surface area contributed by atoms with E-state index in [0.717, 1.165) is 12.8 Å². The molecular weight excluding hydrogens is 233 g/mol. The first-order chi connectivity index (χ1) is 7.95. The molecule has 0 aromatic rings. The van der Waals surface area contributed by atoms with Crippen molar-refractivity contribution in [2.24, 2.45) is 5.73 Å². The van der Waals surface area contributed by atoms with Gasteiger partial charge in [0.2, 0.25) is 0 Å². The highest BCUT2D eigenvalue weighted by atomic mass is 19.4. The molecule has 0 aliphatic rings. The maximum absolute atomic E-state index is 11.8. The van der Waals surface area contributed by atoms with Crippen LogP contribution in [0.3, 0.4) is 0 Å². The maximum atomic E-state index is 11.8. The van der Waals surface area contributed by atoms with Crippen LogP contribution in [0.25, 0.3) is 0 Å². The van der Waals surface area contributed by atoms with Crippen molar-refractivity contribution in [2.75, 3.05) is 26.8 Å². The predicted octanol–water partition coefficient (Wildman–Crippen LogP) is 2.06. The van der Waals surface area contributed by atoms with Crippen molar-refractivity contribution in [3.05, 3.63) is 0 Å². The molecule has 0 amide bonds. The number of alkyl halides is 3. The van der Waals surface area contributed by atoms with Crippen molar-refractivity contribution < 1.29 is 17.9 Å². The normalized spacial score (nSPS) is 13.9. The van der Waals surface area contributed by atoms with Gasteiger partial charge < -0.3 is 15.8 Å². The molecule has 0 bridgehead atoms. The number of halogens is 3. The molecule has 3 N–H and O–H groups in total. The highest BCUT2D eigenvalue weighted by molar-refractivity contribution is 4.64. The van der Waals surface area contributed by atoms with E-state index >= 15 is 0 Å². The number of nitrogens with two attached hydrogens (primary N) is 1. The SMILES string of the molecule is COCCCC(N)CNCCCCC(F)(F)F. The summed E-state index contributed by atoms with van der Waals surface area (Å²) in [5.74, 6) is 0. The fourth-order valence-corrected chi connectivity index (χ4v) is 1.45. The minimum atomic E-state index is -4.03. The average molecular weight is 256 g/mol. The minimum absolute atomic E-state index is 0.0489. The van der Waals surface area contributed by atoms with Crippen LogP contribution < -0.4 is 11.1 Å². The lowest BCUT2D eigenvalue weighted by Gasteiger charge is -2.12. The summed E-state index contributed by atoms with van der Waals surface area (Å²) in [6.07, 6.45) is -2.25. The van der Waals surface area contributed by atoms with Crippen LogP contribution in [0.15, 0.2) is 0 Å². The van der Waals surface area contributed by atoms with E-state index < -0.39 is 12.6 Å². The summed E-state index contributed by atoms with van der Waals surface area (Å²) in [6.45, 7) is 1.93. The first-order valence-corrected chi connectivity index (χ1v) is 5.97. The summed E-state index contributed by atoms with van der Waals surface area (Å²) < 4.78 is 40.3. The van der Waals surface area contributed by atoms with Crippen molar-refractivity contribution in [3.63, 3.8) is 0 Å². The molecule has 104 valence electrons. The van der Waals surface area contributed by atoms with Crippen molar-refractivity contribution in [2.45, 2.75) is 44.3 Å². The number of nitrogens with one attached hydrogen (secondary N) is 1. The molecule has 0 rings (SSSR count). The molecule has 0 fully saturated rings. The van der Waals surface area contributed by atoms with Crippen LogP contribution in [0.1, 0.15) is 32.1 Å². The van der Waals surface area contributed by atoms with Crippen LogP contribution >= 0.6 is 0 Å². The molecule has 1 unspecified atom stereocenters. The fraction of sp³-hybridized carbons (Fsp3) is 1.00. The lowest BCUT2D eigenvalue weighted by molar-refractivity contribution is -0.135. The summed E-state index contributed by atoms with van der Waals surface area (Å²) in [7, 11) is 1.64. The van der Waals surface area contributed by atoms with E-state index in [1.54, 1.807) is 7.11 Å². The van der Waals surface area contributed by atoms with Crippen molar-refractivity contribution >= 4 is 0 Å². The van der Waals surface area contributed by atoms with Gasteiger partial charge >= 0.3 is 6.18 Å². The van der Waals surface area contributed by atoms with Gasteiger partial charge in [-0.3, -0.25) is 0 Å². The second-order valence-electron chi connectivity index (χ2n) is 4.17. The first-order valence-electron chi connectivity index (χ1n) is 5.97. The Morgan fingerprint density at radius 1 is 1.24 bits per heavy atom. The summed E-state index contributed by atoms with van der Waals surface area (Å²) in [4.78, 5) is 0. The molecule has 0 radical (unpaired) electrons. The van der Waals surface area contributed by atoms with Gasteiger partial charge in [-0.25, -0.2) is 0 Å². The van der Waals surface area contributed by atoms with Gasteiger partial charge in [0.15, 0.2) is 0 Å². The van der Waals surface area contributed by atoms with E-state index in [-0.39, 0.29) is 12.5 Å². The van der Waals surface area contributed by atoms with E-state index in [0.29, 0.717) is 26.1 Å². The van der Waals surface area contributed by atoms with Crippen LogP contribution in [-0.4, -0.2) is 39.0 Å². The fourth-order valence-electron chi connectivity index (χ4n) is 1.45. The van der Waals surface area contributed by atoms with E-state index in [9.17, 15) is 13.2 Å². The molecular formula is C11H23F3N2O. The van der Waals surface area contributed by atoms with Crippen LogP contribution in [0.5, 0.6) is 0 Å². The lowest BCUT2D eigenvalue weighted by Crippen LogP contribution is -2.34. The summed E-state index contributed by atoms with van der Waals surface area (Å²) >= 11 is 0. The van der Waals surface area contributed by atoms with Gasteiger partial charge in [-0.15, -0.1) is 0 Å². The number of unbranched alkanes of at least 4 members (excludes halogenated alkanes) is 1. The van der Waals surface area contributed by atoms with Crippen molar-refractivity contribution in [1.82, 2.24) is 5.32 Å². The van der Waals surface area contributed by atoms with Crippen LogP contribution in [0.2, 0.25) is 0 Å². The number of hydrogen-bond acceptors (Lipinski definition) is 3. The Labute approximate surface area is 101 Å². The Balaban J connectivity index is 3.22. The average Bonchev–Trinajstić information content (AvgIpc) is 2.22. The third-order valence-corrected chi connectivity index (χ3v) is 2.39. The molecule has 0 spiro atoms. The Morgan fingerprint density at radius 2 is 1.94 bits per heavy atom. The second kappa shape index (κ2) is 9.67. The molecule has 6 heteroatoms. The number of rotatable bonds is 10. The molecule has 0 saturated heterocycles. The predicted molar refractivity (Wildman–Crippen MR) is 61.9 cm³/mol. The third-order valence-electron chi connectivity index (χ3n) is 2.39. The quantitative estimate of drug-likeness (QED) is 0.588. The van der Waals surface area contributed by atoms with Gasteiger partial charge in [0.1, 0.15) is 0 Å². The van der Waals surface area contributed by atoms with Crippen molar-refractivity contribution in [3.8, 4) is 0 Å². The third kappa shape index (κ3) is 13.6. The lowest BCUT2D eigenvalue weighted by atomic mass is 10.1. The number of hydrogen-bond donors (Lipinski definition) is 2. The van der Waals surface area contributed by atoms with E-state index in [1.165, 1.54) is 0 Å². The molecule has 0 aliphatic carbocycles. The Bertz CT molecular complexity index is 177. The molecule has 17 heavy (non-hydrogen) atoms. The topological polar surface area (TPSA) is 47.3 Å². The number of ether oxygens (including phenoxy) is 1. The highest BCUT2D eigenvalue weighted by Crippen LogP contribution is 2.21. The number of methoxy groups -OCH3 is 1. The van der Waals surface area contributed by atoms with Gasteiger partial charge in [0, 0.05) is 32.7 Å². The molecule has 0 saturated carbocycles. The molecule has 0 aromatic carbocycles. The van der Waals surface area contributed by atoms with E-state index in [4.69, 9.17) is 10.5 Å². The minimum Gasteiger partial charge on any atom is -0.385 e. The molecule has 3 nitrogen and oxygen atoms in total. The zero-order chi connectivity index (χ0) is 13.1. The van der Waals surface area contributed by atoms with Crippen molar-refractivity contribution in [1.29, 1.82) is 0 Å². The first kappa shape index (κ1) is 16.7. The van der Waals surface area contributed by atoms with Crippen LogP contribution in [-0.2, 0) is 4.74 Å². The van der Waals surface area contributed by atoms with Crippen LogP contribution in [0.4, 0.5) is 13.2 Å². The summed E-state index contributed by atoms with van der Waals surface area (Å²) in [5, 5.41) is 3.07. The van der Waals surface area contributed by atoms with Gasteiger partial charge in [0.25, 0.3) is 0 Å². The molecule has 0 heterocycles. The second-order valence-corrected chi connectivity index (χ2v) is 4.17. The zero-order valence-corrected chi connectivity index (χ0v) is 10.4. The van der Waals surface area contributed by atoms with Gasteiger partial charge in [-0.1, -0.05) is 0 Å². The molecule has 0 aliphatic heterocycles. The monoisotopic (exact) mass is 256 g/mol. The Morgan fingerprint density at radius 3 is 2.53 bits per heavy atom. The summed E-state index contributed by atoms with van der Waals surface area (Å²) in [5.41, 5.74) is 5.80. The Hall–Kier alpha value is -0.330. The van der Waals surface area contributed by atoms with Gasteiger partial charge in [0.05, 0.1) is 0 Å². The highest BCUT2D eigenvalue weighted by Gasteiger charge is 2.25. The maximum Gasteiger partial charge on any atom is 0.389 e. The largest absolute Gasteiger partial charge is 0.389 e.